The second-order valence-electron chi connectivity index (χ2n) is 5.62. The lowest BCUT2D eigenvalue weighted by Gasteiger charge is -2.05. The van der Waals surface area contributed by atoms with Gasteiger partial charge in [0.2, 0.25) is 0 Å². The van der Waals surface area contributed by atoms with Crippen molar-refractivity contribution in [2.75, 3.05) is 0 Å². The van der Waals surface area contributed by atoms with E-state index in [9.17, 15) is 0 Å². The molecule has 1 aliphatic rings. The first-order valence-electron chi connectivity index (χ1n) is 7.01. The average molecular weight is 255 g/mol. The predicted molar refractivity (Wildman–Crippen MR) is 77.1 cm³/mol. The molecule has 0 amide bonds. The van der Waals surface area contributed by atoms with Gasteiger partial charge in [-0.2, -0.15) is 5.10 Å². The average Bonchev–Trinajstić information content (AvgIpc) is 3.12. The fourth-order valence-corrected chi connectivity index (χ4v) is 2.22. The summed E-state index contributed by atoms with van der Waals surface area (Å²) in [5.41, 5.74) is 5.28. The largest absolute Gasteiger partial charge is 0.310 e. The fourth-order valence-electron chi connectivity index (χ4n) is 2.22. The van der Waals surface area contributed by atoms with Crippen LogP contribution in [-0.2, 0) is 13.1 Å². The van der Waals surface area contributed by atoms with Gasteiger partial charge in [0, 0.05) is 24.3 Å². The zero-order valence-corrected chi connectivity index (χ0v) is 11.7. The first-order valence-corrected chi connectivity index (χ1v) is 7.01. The molecule has 100 valence electrons. The second-order valence-corrected chi connectivity index (χ2v) is 5.62. The van der Waals surface area contributed by atoms with E-state index in [0.717, 1.165) is 19.1 Å². The van der Waals surface area contributed by atoms with Crippen molar-refractivity contribution in [1.29, 1.82) is 0 Å². The summed E-state index contributed by atoms with van der Waals surface area (Å²) < 4.78 is 2.02. The van der Waals surface area contributed by atoms with E-state index < -0.39 is 0 Å². The quantitative estimate of drug-likeness (QED) is 0.890. The number of aromatic nitrogens is 2. The predicted octanol–water partition coefficient (Wildman–Crippen LogP) is 2.80. The van der Waals surface area contributed by atoms with E-state index in [1.165, 1.54) is 35.1 Å². The lowest BCUT2D eigenvalue weighted by Crippen LogP contribution is -2.14. The van der Waals surface area contributed by atoms with Crippen molar-refractivity contribution >= 4 is 0 Å². The maximum atomic E-state index is 4.44. The van der Waals surface area contributed by atoms with E-state index in [0.29, 0.717) is 0 Å². The minimum absolute atomic E-state index is 0.753. The number of hydrogen-bond acceptors (Lipinski definition) is 2. The van der Waals surface area contributed by atoms with Crippen LogP contribution in [0, 0.1) is 13.8 Å². The zero-order valence-electron chi connectivity index (χ0n) is 11.7. The smallest absolute Gasteiger partial charge is 0.0659 e. The van der Waals surface area contributed by atoms with Crippen LogP contribution in [0.2, 0.25) is 0 Å². The van der Waals surface area contributed by atoms with Gasteiger partial charge in [0.1, 0.15) is 0 Å². The molecule has 3 nitrogen and oxygen atoms in total. The molecule has 0 bridgehead atoms. The Labute approximate surface area is 114 Å². The Balaban J connectivity index is 1.63. The van der Waals surface area contributed by atoms with Crippen LogP contribution in [0.3, 0.4) is 0 Å². The van der Waals surface area contributed by atoms with Crippen LogP contribution in [0.25, 0.3) is 0 Å². The van der Waals surface area contributed by atoms with Crippen LogP contribution in [0.4, 0.5) is 0 Å². The highest BCUT2D eigenvalue weighted by molar-refractivity contribution is 5.30. The first-order chi connectivity index (χ1) is 9.20. The maximum Gasteiger partial charge on any atom is 0.0659 e. The molecule has 3 rings (SSSR count). The van der Waals surface area contributed by atoms with Gasteiger partial charge in [0.25, 0.3) is 0 Å². The van der Waals surface area contributed by atoms with E-state index in [4.69, 9.17) is 0 Å². The fraction of sp³-hybridized carbons (Fsp3) is 0.438. The number of rotatable bonds is 5. The van der Waals surface area contributed by atoms with E-state index in [2.05, 4.69) is 48.7 Å². The van der Waals surface area contributed by atoms with E-state index >= 15 is 0 Å². The molecule has 0 saturated heterocycles. The summed E-state index contributed by atoms with van der Waals surface area (Å²) in [5, 5.41) is 7.95. The molecular weight excluding hydrogens is 234 g/mol. The van der Waals surface area contributed by atoms with Crippen LogP contribution in [-0.4, -0.2) is 15.8 Å². The topological polar surface area (TPSA) is 29.9 Å². The highest BCUT2D eigenvalue weighted by Gasteiger charge is 2.20. The molecule has 1 aromatic heterocycles. The molecule has 1 N–H and O–H groups in total. The maximum absolute atomic E-state index is 4.44. The molecule has 19 heavy (non-hydrogen) atoms. The number of hydrogen-bond donors (Lipinski definition) is 1. The minimum Gasteiger partial charge on any atom is -0.310 e. The van der Waals surface area contributed by atoms with E-state index in [-0.39, 0.29) is 0 Å². The van der Waals surface area contributed by atoms with Crippen molar-refractivity contribution in [2.24, 2.45) is 0 Å². The standard InChI is InChI=1S/C16H21N3/c1-12-3-4-14(7-13(12)2)10-19-11-15(9-18-19)8-17-16-5-6-16/h3-4,7,9,11,16-17H,5-6,8,10H2,1-2H3. The summed E-state index contributed by atoms with van der Waals surface area (Å²) >= 11 is 0. The summed E-state index contributed by atoms with van der Waals surface area (Å²) in [4.78, 5) is 0. The van der Waals surface area contributed by atoms with Gasteiger partial charge >= 0.3 is 0 Å². The summed E-state index contributed by atoms with van der Waals surface area (Å²) in [5.74, 6) is 0. The van der Waals surface area contributed by atoms with Gasteiger partial charge in [-0.05, 0) is 43.4 Å². The SMILES string of the molecule is Cc1ccc(Cn2cc(CNC3CC3)cn2)cc1C. The van der Waals surface area contributed by atoms with E-state index in [1.54, 1.807) is 0 Å². The van der Waals surface area contributed by atoms with Crippen LogP contribution in [0.15, 0.2) is 30.6 Å². The Kier molecular flexibility index (Phi) is 3.38. The molecule has 0 atom stereocenters. The van der Waals surface area contributed by atoms with Crippen LogP contribution in [0.1, 0.15) is 35.1 Å². The third kappa shape index (κ3) is 3.24. The Hall–Kier alpha value is -1.61. The van der Waals surface area contributed by atoms with Crippen LogP contribution < -0.4 is 5.32 Å². The molecule has 1 heterocycles. The van der Waals surface area contributed by atoms with Crippen LogP contribution >= 0.6 is 0 Å². The molecule has 1 fully saturated rings. The van der Waals surface area contributed by atoms with Gasteiger partial charge < -0.3 is 5.32 Å². The molecule has 1 aliphatic carbocycles. The van der Waals surface area contributed by atoms with Gasteiger partial charge in [-0.1, -0.05) is 18.2 Å². The summed E-state index contributed by atoms with van der Waals surface area (Å²) in [6, 6.07) is 7.37. The lowest BCUT2D eigenvalue weighted by atomic mass is 10.1. The molecule has 3 heteroatoms. The van der Waals surface area contributed by atoms with Gasteiger partial charge in [-0.3, -0.25) is 4.68 Å². The normalized spacial score (nSPS) is 14.8. The monoisotopic (exact) mass is 255 g/mol. The van der Waals surface area contributed by atoms with Crippen molar-refractivity contribution < 1.29 is 0 Å². The second kappa shape index (κ2) is 5.17. The van der Waals surface area contributed by atoms with Crippen molar-refractivity contribution in [3.05, 3.63) is 52.8 Å². The van der Waals surface area contributed by atoms with Crippen molar-refractivity contribution in [2.45, 2.75) is 45.8 Å². The summed E-state index contributed by atoms with van der Waals surface area (Å²) in [6.07, 6.45) is 6.77. The van der Waals surface area contributed by atoms with Gasteiger partial charge in [0.15, 0.2) is 0 Å². The summed E-state index contributed by atoms with van der Waals surface area (Å²) in [7, 11) is 0. The van der Waals surface area contributed by atoms with Gasteiger partial charge in [-0.25, -0.2) is 0 Å². The van der Waals surface area contributed by atoms with Gasteiger partial charge in [0.05, 0.1) is 12.7 Å². The van der Waals surface area contributed by atoms with Crippen molar-refractivity contribution in [3.63, 3.8) is 0 Å². The molecule has 0 spiro atoms. The highest BCUT2D eigenvalue weighted by Crippen LogP contribution is 2.19. The van der Waals surface area contributed by atoms with Gasteiger partial charge in [-0.15, -0.1) is 0 Å². The lowest BCUT2D eigenvalue weighted by molar-refractivity contribution is 0.674. The molecule has 0 aliphatic heterocycles. The number of nitrogens with one attached hydrogen (secondary N) is 1. The third-order valence-corrected chi connectivity index (χ3v) is 3.77. The first kappa shape index (κ1) is 12.4. The number of nitrogens with zero attached hydrogens (tertiary/aromatic N) is 2. The summed E-state index contributed by atoms with van der Waals surface area (Å²) in [6.45, 7) is 6.10. The third-order valence-electron chi connectivity index (χ3n) is 3.77. The van der Waals surface area contributed by atoms with E-state index in [1.807, 2.05) is 10.9 Å². The zero-order chi connectivity index (χ0) is 13.2. The molecule has 0 unspecified atom stereocenters. The van der Waals surface area contributed by atoms with Crippen molar-refractivity contribution in [3.8, 4) is 0 Å². The molecule has 0 radical (unpaired) electrons. The Morgan fingerprint density at radius 1 is 1.21 bits per heavy atom. The number of aryl methyl sites for hydroxylation is 2. The van der Waals surface area contributed by atoms with Crippen LogP contribution in [0.5, 0.6) is 0 Å². The Morgan fingerprint density at radius 3 is 2.79 bits per heavy atom. The Bertz CT molecular complexity index is 567. The highest BCUT2D eigenvalue weighted by atomic mass is 15.3. The number of benzene rings is 1. The molecule has 1 saturated carbocycles. The molecular formula is C16H21N3. The molecule has 2 aromatic rings. The van der Waals surface area contributed by atoms with Crippen molar-refractivity contribution in [1.82, 2.24) is 15.1 Å². The Morgan fingerprint density at radius 2 is 2.05 bits per heavy atom. The minimum atomic E-state index is 0.753. The molecule has 1 aromatic carbocycles.